The predicted octanol–water partition coefficient (Wildman–Crippen LogP) is -0.191. The van der Waals surface area contributed by atoms with E-state index in [1.807, 2.05) is 0 Å². The largest absolute Gasteiger partial charge is 0.481 e. The van der Waals surface area contributed by atoms with Crippen molar-refractivity contribution in [3.8, 4) is 0 Å². The van der Waals surface area contributed by atoms with Gasteiger partial charge in [-0.2, -0.15) is 0 Å². The Morgan fingerprint density at radius 3 is 0.735 bits per heavy atom. The highest BCUT2D eigenvalue weighted by Crippen LogP contribution is 1.93. The zero-order valence-corrected chi connectivity index (χ0v) is 19.4. The molecular formula is C17H33NO16. The van der Waals surface area contributed by atoms with Crippen molar-refractivity contribution in [2.45, 2.75) is 60.4 Å². The molecule has 202 valence electrons. The van der Waals surface area contributed by atoms with Crippen molar-refractivity contribution in [1.29, 1.82) is 0 Å². The van der Waals surface area contributed by atoms with Crippen LogP contribution in [0.25, 0.3) is 0 Å². The topological polar surface area (TPSA) is 324 Å². The van der Waals surface area contributed by atoms with Crippen LogP contribution in [0.1, 0.15) is 54.4 Å². The van der Waals surface area contributed by atoms with Crippen LogP contribution in [0.2, 0.25) is 0 Å². The number of hydrogen-bond acceptors (Lipinski definition) is 9. The summed E-state index contributed by atoms with van der Waals surface area (Å²) in [6.07, 6.45) is -0.224. The Kier molecular flexibility index (Phi) is 50.4. The van der Waals surface area contributed by atoms with Gasteiger partial charge >= 0.3 is 11.9 Å². The lowest BCUT2D eigenvalue weighted by atomic mass is 10.2. The molecule has 0 aliphatic carbocycles. The maximum Gasteiger partial charge on any atom is 0.320 e. The molecule has 0 aliphatic rings. The first kappa shape index (κ1) is 47.5. The first-order valence-electron chi connectivity index (χ1n) is 8.31. The quantitative estimate of drug-likeness (QED) is 0.238. The first-order chi connectivity index (χ1) is 14.9. The van der Waals surface area contributed by atoms with Gasteiger partial charge in [0.1, 0.15) is 6.04 Å². The van der Waals surface area contributed by atoms with Crippen LogP contribution in [-0.2, 0) is 38.4 Å². The second-order valence-corrected chi connectivity index (χ2v) is 4.99. The molecule has 0 aliphatic heterocycles. The van der Waals surface area contributed by atoms with Gasteiger partial charge in [-0.25, -0.2) is 0 Å². The fraction of sp³-hybridized carbons (Fsp3) is 0.529. The lowest BCUT2D eigenvalue weighted by Crippen LogP contribution is -2.30. The van der Waals surface area contributed by atoms with E-state index in [-0.39, 0.29) is 12.8 Å². The second-order valence-electron chi connectivity index (χ2n) is 4.99. The second kappa shape index (κ2) is 36.1. The Balaban J connectivity index is -0.0000000526. The van der Waals surface area contributed by atoms with Crippen LogP contribution in [-0.4, -0.2) is 94.6 Å². The van der Waals surface area contributed by atoms with Crippen molar-refractivity contribution < 1.29 is 79.2 Å². The molecule has 1 atom stereocenters. The van der Waals surface area contributed by atoms with E-state index < -0.39 is 53.8 Å². The number of nitrogens with two attached hydrogens (primary N) is 1. The normalized spacial score (nSPS) is 8.09. The minimum absolute atomic E-state index is 0.0231. The molecule has 0 amide bonds. The molecular weight excluding hydrogens is 474 g/mol. The van der Waals surface area contributed by atoms with Gasteiger partial charge in [0.2, 0.25) is 0 Å². The molecule has 0 saturated heterocycles. The molecule has 10 N–H and O–H groups in total. The van der Waals surface area contributed by atoms with E-state index in [1.165, 1.54) is 0 Å². The molecule has 34 heavy (non-hydrogen) atoms. The van der Waals surface area contributed by atoms with E-state index in [9.17, 15) is 9.59 Å². The van der Waals surface area contributed by atoms with Crippen LogP contribution < -0.4 is 5.73 Å². The zero-order chi connectivity index (χ0) is 29.6. The summed E-state index contributed by atoms with van der Waals surface area (Å²) in [7, 11) is 0. The van der Waals surface area contributed by atoms with Gasteiger partial charge in [-0.1, -0.05) is 0 Å². The van der Waals surface area contributed by atoms with E-state index in [0.29, 0.717) is 0 Å². The summed E-state index contributed by atoms with van der Waals surface area (Å²) < 4.78 is 0. The van der Waals surface area contributed by atoms with E-state index in [4.69, 9.17) is 75.4 Å². The van der Waals surface area contributed by atoms with Gasteiger partial charge in [0.15, 0.2) is 0 Å². The highest BCUT2D eigenvalue weighted by atomic mass is 16.4. The third-order valence-corrected chi connectivity index (χ3v) is 0.986. The van der Waals surface area contributed by atoms with Crippen molar-refractivity contribution in [1.82, 2.24) is 0 Å². The van der Waals surface area contributed by atoms with Crippen molar-refractivity contribution >= 4 is 47.8 Å². The van der Waals surface area contributed by atoms with E-state index in [1.54, 1.807) is 0 Å². The molecule has 1 unspecified atom stereocenters. The third kappa shape index (κ3) is 888. The first-order valence-corrected chi connectivity index (χ1v) is 8.31. The molecule has 0 heterocycles. The monoisotopic (exact) mass is 507 g/mol. The molecule has 0 aromatic carbocycles. The number of carboxylic acids is 8. The SMILES string of the molecule is CC(=O)O.CC(=O)O.CC(=O)O.CC(=O)O.CC(=O)O.CC(=O)O.NC(CCC(=O)O)C(=O)O. The summed E-state index contributed by atoms with van der Waals surface area (Å²) in [6, 6.07) is -1.06. The fourth-order valence-corrected chi connectivity index (χ4v) is 0.402. The average Bonchev–Trinajstić information content (AvgIpc) is 2.48. The summed E-state index contributed by atoms with van der Waals surface area (Å²) in [4.78, 5) is 73.9. The summed E-state index contributed by atoms with van der Waals surface area (Å²) in [5.74, 6) is -7.20. The Hall–Kier alpha value is -4.28. The molecule has 0 bridgehead atoms. The van der Waals surface area contributed by atoms with Crippen molar-refractivity contribution in [2.75, 3.05) is 0 Å². The van der Waals surface area contributed by atoms with Crippen LogP contribution in [0.15, 0.2) is 0 Å². The maximum atomic E-state index is 9.99. The molecule has 0 saturated carbocycles. The van der Waals surface area contributed by atoms with Gasteiger partial charge in [-0.3, -0.25) is 38.4 Å². The van der Waals surface area contributed by atoms with Crippen LogP contribution in [0.3, 0.4) is 0 Å². The molecule has 0 rings (SSSR count). The molecule has 17 nitrogen and oxygen atoms in total. The molecule has 0 aromatic rings. The molecule has 0 spiro atoms. The Bertz CT molecular complexity index is 498. The number of aliphatic carboxylic acids is 8. The van der Waals surface area contributed by atoms with E-state index in [0.717, 1.165) is 41.5 Å². The Morgan fingerprint density at radius 1 is 0.500 bits per heavy atom. The standard InChI is InChI=1S/C5H9NO4.6C2H4O2/c6-3(5(9)10)1-2-4(7)8;6*1-2(3)4/h3H,1-2,6H2,(H,7,8)(H,9,10);6*1H3,(H,3,4). The molecule has 0 aromatic heterocycles. The lowest BCUT2D eigenvalue weighted by molar-refractivity contribution is -0.140. The van der Waals surface area contributed by atoms with Crippen LogP contribution >= 0.6 is 0 Å². The van der Waals surface area contributed by atoms with Gasteiger partial charge in [-0.15, -0.1) is 0 Å². The highest BCUT2D eigenvalue weighted by Gasteiger charge is 2.12. The summed E-state index contributed by atoms with van der Waals surface area (Å²) in [6.45, 7) is 6.50. The minimum atomic E-state index is -1.17. The summed E-state index contributed by atoms with van der Waals surface area (Å²) >= 11 is 0. The van der Waals surface area contributed by atoms with Crippen molar-refractivity contribution in [2.24, 2.45) is 5.73 Å². The van der Waals surface area contributed by atoms with Gasteiger partial charge in [-0.05, 0) is 6.42 Å². The van der Waals surface area contributed by atoms with E-state index >= 15 is 0 Å². The molecule has 0 fully saturated rings. The number of carboxylic acid groups (broad SMARTS) is 8. The average molecular weight is 507 g/mol. The van der Waals surface area contributed by atoms with Gasteiger partial charge in [0.05, 0.1) is 0 Å². The maximum absolute atomic E-state index is 9.99. The fourth-order valence-electron chi connectivity index (χ4n) is 0.402. The van der Waals surface area contributed by atoms with Crippen molar-refractivity contribution in [3.05, 3.63) is 0 Å². The zero-order valence-electron chi connectivity index (χ0n) is 19.4. The minimum Gasteiger partial charge on any atom is -0.481 e. The summed E-state index contributed by atoms with van der Waals surface area (Å²) in [5, 5.41) is 60.8. The van der Waals surface area contributed by atoms with Crippen molar-refractivity contribution in [3.63, 3.8) is 0 Å². The lowest BCUT2D eigenvalue weighted by Gasteiger charge is -2.01. The third-order valence-electron chi connectivity index (χ3n) is 0.986. The van der Waals surface area contributed by atoms with E-state index in [2.05, 4.69) is 0 Å². The molecule has 17 heteroatoms. The Labute approximate surface area is 194 Å². The molecule has 0 radical (unpaired) electrons. The highest BCUT2D eigenvalue weighted by molar-refractivity contribution is 5.74. The van der Waals surface area contributed by atoms with Crippen LogP contribution in [0, 0.1) is 0 Å². The number of hydrogen-bond donors (Lipinski definition) is 9. The number of carbonyl (C=O) groups is 8. The van der Waals surface area contributed by atoms with Gasteiger partial charge in [0.25, 0.3) is 35.8 Å². The predicted molar refractivity (Wildman–Crippen MR) is 112 cm³/mol. The van der Waals surface area contributed by atoms with Gasteiger partial charge < -0.3 is 46.6 Å². The van der Waals surface area contributed by atoms with Crippen LogP contribution in [0.5, 0.6) is 0 Å². The smallest absolute Gasteiger partial charge is 0.320 e. The Morgan fingerprint density at radius 2 is 0.647 bits per heavy atom. The number of rotatable bonds is 4. The van der Waals surface area contributed by atoms with Crippen LogP contribution in [0.4, 0.5) is 0 Å². The summed E-state index contributed by atoms with van der Waals surface area (Å²) in [5.41, 5.74) is 5.00. The van der Waals surface area contributed by atoms with Gasteiger partial charge in [0, 0.05) is 48.0 Å².